The van der Waals surface area contributed by atoms with E-state index in [4.69, 9.17) is 11.6 Å². The SMILES string of the molecule is CC(C)(C)NC(=O)c1ccccc1NC(=O)c1ccc(Cl)cc1. The summed E-state index contributed by atoms with van der Waals surface area (Å²) in [6.45, 7) is 5.71. The minimum Gasteiger partial charge on any atom is -0.347 e. The van der Waals surface area contributed by atoms with Crippen LogP contribution in [0.2, 0.25) is 5.02 Å². The molecular weight excluding hydrogens is 312 g/mol. The molecule has 2 aromatic carbocycles. The van der Waals surface area contributed by atoms with Gasteiger partial charge in [-0.2, -0.15) is 0 Å². The molecule has 2 aromatic rings. The van der Waals surface area contributed by atoms with Crippen LogP contribution in [0.1, 0.15) is 41.5 Å². The summed E-state index contributed by atoms with van der Waals surface area (Å²) in [6, 6.07) is 13.5. The van der Waals surface area contributed by atoms with E-state index in [0.29, 0.717) is 21.8 Å². The second-order valence-corrected chi connectivity index (χ2v) is 6.65. The Morgan fingerprint density at radius 1 is 0.913 bits per heavy atom. The van der Waals surface area contributed by atoms with Crippen LogP contribution in [0.15, 0.2) is 48.5 Å². The highest BCUT2D eigenvalue weighted by molar-refractivity contribution is 6.30. The Balaban J connectivity index is 2.22. The number of halogens is 1. The minimum atomic E-state index is -0.357. The lowest BCUT2D eigenvalue weighted by molar-refractivity contribution is 0.0920. The molecule has 0 radical (unpaired) electrons. The zero-order valence-corrected chi connectivity index (χ0v) is 14.1. The molecule has 0 heterocycles. The molecule has 0 spiro atoms. The molecular formula is C18H19ClN2O2. The first kappa shape index (κ1) is 17.0. The lowest BCUT2D eigenvalue weighted by Gasteiger charge is -2.21. The fraction of sp³-hybridized carbons (Fsp3) is 0.222. The Kier molecular flexibility index (Phi) is 5.06. The Morgan fingerprint density at radius 3 is 2.13 bits per heavy atom. The lowest BCUT2D eigenvalue weighted by atomic mass is 10.1. The van der Waals surface area contributed by atoms with E-state index in [-0.39, 0.29) is 17.4 Å². The molecule has 2 amide bonds. The molecule has 120 valence electrons. The molecule has 4 nitrogen and oxygen atoms in total. The number of nitrogens with one attached hydrogen (secondary N) is 2. The molecule has 0 aliphatic heterocycles. The molecule has 0 fully saturated rings. The van der Waals surface area contributed by atoms with Gasteiger partial charge in [0.2, 0.25) is 0 Å². The smallest absolute Gasteiger partial charge is 0.255 e. The summed E-state index contributed by atoms with van der Waals surface area (Å²) >= 11 is 5.82. The summed E-state index contributed by atoms with van der Waals surface area (Å²) < 4.78 is 0. The van der Waals surface area contributed by atoms with Crippen LogP contribution in [-0.2, 0) is 0 Å². The van der Waals surface area contributed by atoms with Gasteiger partial charge < -0.3 is 10.6 Å². The molecule has 0 aromatic heterocycles. The summed E-state index contributed by atoms with van der Waals surface area (Å²) in [5.74, 6) is -0.526. The van der Waals surface area contributed by atoms with Crippen LogP contribution in [-0.4, -0.2) is 17.4 Å². The van der Waals surface area contributed by atoms with Crippen molar-refractivity contribution in [2.75, 3.05) is 5.32 Å². The van der Waals surface area contributed by atoms with Crippen molar-refractivity contribution in [1.82, 2.24) is 5.32 Å². The summed E-state index contributed by atoms with van der Waals surface area (Å²) in [6.07, 6.45) is 0. The lowest BCUT2D eigenvalue weighted by Crippen LogP contribution is -2.40. The van der Waals surface area contributed by atoms with Crippen molar-refractivity contribution >= 4 is 29.1 Å². The second-order valence-electron chi connectivity index (χ2n) is 6.21. The van der Waals surface area contributed by atoms with Crippen LogP contribution in [0, 0.1) is 0 Å². The highest BCUT2D eigenvalue weighted by Gasteiger charge is 2.18. The van der Waals surface area contributed by atoms with Gasteiger partial charge in [-0.05, 0) is 57.2 Å². The van der Waals surface area contributed by atoms with E-state index in [1.165, 1.54) is 0 Å². The van der Waals surface area contributed by atoms with Crippen molar-refractivity contribution < 1.29 is 9.59 Å². The maximum atomic E-state index is 12.4. The first-order chi connectivity index (χ1) is 10.8. The number of carbonyl (C=O) groups excluding carboxylic acids is 2. The number of para-hydroxylation sites is 1. The number of carbonyl (C=O) groups is 2. The second kappa shape index (κ2) is 6.84. The molecule has 2 N–H and O–H groups in total. The van der Waals surface area contributed by atoms with Gasteiger partial charge >= 0.3 is 0 Å². The number of hydrogen-bond donors (Lipinski definition) is 2. The molecule has 2 rings (SSSR count). The Morgan fingerprint density at radius 2 is 1.52 bits per heavy atom. The Labute approximate surface area is 140 Å². The molecule has 0 saturated heterocycles. The van der Waals surface area contributed by atoms with E-state index in [1.807, 2.05) is 20.8 Å². The van der Waals surface area contributed by atoms with Crippen molar-refractivity contribution in [2.24, 2.45) is 0 Å². The van der Waals surface area contributed by atoms with E-state index in [2.05, 4.69) is 10.6 Å². The third kappa shape index (κ3) is 4.83. The number of anilines is 1. The van der Waals surface area contributed by atoms with E-state index in [1.54, 1.807) is 48.5 Å². The topological polar surface area (TPSA) is 58.2 Å². The molecule has 0 unspecified atom stereocenters. The standard InChI is InChI=1S/C18H19ClN2O2/c1-18(2,3)21-17(23)14-6-4-5-7-15(14)20-16(22)12-8-10-13(19)11-9-12/h4-11H,1-3H3,(H,20,22)(H,21,23). The Bertz CT molecular complexity index is 719. The van der Waals surface area contributed by atoms with Crippen LogP contribution in [0.3, 0.4) is 0 Å². The molecule has 0 aliphatic rings. The van der Waals surface area contributed by atoms with Crippen LogP contribution >= 0.6 is 11.6 Å². The quantitative estimate of drug-likeness (QED) is 0.889. The summed E-state index contributed by atoms with van der Waals surface area (Å²) in [5.41, 5.74) is 1.00. The summed E-state index contributed by atoms with van der Waals surface area (Å²) in [7, 11) is 0. The average molecular weight is 331 g/mol. The van der Waals surface area contributed by atoms with Gasteiger partial charge in [0, 0.05) is 16.1 Å². The van der Waals surface area contributed by atoms with E-state index in [0.717, 1.165) is 0 Å². The van der Waals surface area contributed by atoms with Crippen molar-refractivity contribution in [2.45, 2.75) is 26.3 Å². The van der Waals surface area contributed by atoms with Gasteiger partial charge in [-0.1, -0.05) is 23.7 Å². The highest BCUT2D eigenvalue weighted by atomic mass is 35.5. The maximum Gasteiger partial charge on any atom is 0.255 e. The number of rotatable bonds is 3. The minimum absolute atomic E-state index is 0.232. The van der Waals surface area contributed by atoms with E-state index < -0.39 is 0 Å². The predicted octanol–water partition coefficient (Wildman–Crippen LogP) is 4.12. The molecule has 23 heavy (non-hydrogen) atoms. The fourth-order valence-corrected chi connectivity index (χ4v) is 2.12. The molecule has 0 atom stereocenters. The number of benzene rings is 2. The molecule has 0 aliphatic carbocycles. The van der Waals surface area contributed by atoms with Gasteiger partial charge in [0.1, 0.15) is 0 Å². The maximum absolute atomic E-state index is 12.4. The zero-order chi connectivity index (χ0) is 17.0. The largest absolute Gasteiger partial charge is 0.347 e. The molecule has 0 bridgehead atoms. The predicted molar refractivity (Wildman–Crippen MR) is 93.1 cm³/mol. The van der Waals surface area contributed by atoms with Crippen LogP contribution in [0.25, 0.3) is 0 Å². The van der Waals surface area contributed by atoms with Gasteiger partial charge in [-0.3, -0.25) is 9.59 Å². The molecule has 5 heteroatoms. The Hall–Kier alpha value is -2.33. The van der Waals surface area contributed by atoms with Crippen molar-refractivity contribution in [1.29, 1.82) is 0 Å². The zero-order valence-electron chi connectivity index (χ0n) is 13.3. The van der Waals surface area contributed by atoms with Gasteiger partial charge in [0.25, 0.3) is 11.8 Å². The summed E-state index contributed by atoms with van der Waals surface area (Å²) in [5, 5.41) is 6.22. The van der Waals surface area contributed by atoms with Crippen molar-refractivity contribution in [3.05, 3.63) is 64.7 Å². The van der Waals surface area contributed by atoms with Gasteiger partial charge in [-0.25, -0.2) is 0 Å². The van der Waals surface area contributed by atoms with Crippen molar-refractivity contribution in [3.63, 3.8) is 0 Å². The third-order valence-corrected chi connectivity index (χ3v) is 3.27. The van der Waals surface area contributed by atoms with Crippen LogP contribution in [0.5, 0.6) is 0 Å². The number of amides is 2. The normalized spacial score (nSPS) is 11.0. The van der Waals surface area contributed by atoms with Crippen LogP contribution < -0.4 is 10.6 Å². The molecule has 0 saturated carbocycles. The first-order valence-electron chi connectivity index (χ1n) is 7.25. The van der Waals surface area contributed by atoms with Gasteiger partial charge in [0.05, 0.1) is 11.3 Å². The summed E-state index contributed by atoms with van der Waals surface area (Å²) in [4.78, 5) is 24.7. The van der Waals surface area contributed by atoms with Gasteiger partial charge in [0.15, 0.2) is 0 Å². The third-order valence-electron chi connectivity index (χ3n) is 3.01. The monoisotopic (exact) mass is 330 g/mol. The van der Waals surface area contributed by atoms with E-state index in [9.17, 15) is 9.59 Å². The van der Waals surface area contributed by atoms with Crippen molar-refractivity contribution in [3.8, 4) is 0 Å². The van der Waals surface area contributed by atoms with Crippen LogP contribution in [0.4, 0.5) is 5.69 Å². The van der Waals surface area contributed by atoms with E-state index >= 15 is 0 Å². The highest BCUT2D eigenvalue weighted by Crippen LogP contribution is 2.18. The van der Waals surface area contributed by atoms with Gasteiger partial charge in [-0.15, -0.1) is 0 Å². The average Bonchev–Trinajstić information content (AvgIpc) is 2.46. The number of hydrogen-bond acceptors (Lipinski definition) is 2. The fourth-order valence-electron chi connectivity index (χ4n) is 1.99. The first-order valence-corrected chi connectivity index (χ1v) is 7.62.